The number of carbonyl (C=O) groups is 1. The van der Waals surface area contributed by atoms with E-state index in [1.54, 1.807) is 0 Å². The molecule has 2 aliphatic rings. The van der Waals surface area contributed by atoms with Gasteiger partial charge in [-0.05, 0) is 62.6 Å². The Hall–Kier alpha value is -2.60. The van der Waals surface area contributed by atoms with Crippen molar-refractivity contribution in [1.82, 2.24) is 19.5 Å². The topological polar surface area (TPSA) is 53.7 Å². The molecule has 6 nitrogen and oxygen atoms in total. The molecule has 2 aliphatic heterocycles. The zero-order valence-corrected chi connectivity index (χ0v) is 21.3. The molecule has 0 spiro atoms. The maximum atomic E-state index is 13.3. The minimum absolute atomic E-state index is 0.121. The molecule has 2 saturated heterocycles. The third-order valence-electron chi connectivity index (χ3n) is 7.35. The summed E-state index contributed by atoms with van der Waals surface area (Å²) >= 11 is 6.11. The SMILES string of the molecule is Cc1cc(N2CCC(C(=O)N3CC(C)CC(C)C3)CC2)n2nc(C)c(-c3ccc(Cl)cc3)c2n1. The predicted molar refractivity (Wildman–Crippen MR) is 137 cm³/mol. The van der Waals surface area contributed by atoms with E-state index in [-0.39, 0.29) is 5.92 Å². The lowest BCUT2D eigenvalue weighted by Crippen LogP contribution is -2.48. The molecule has 7 heteroatoms. The molecule has 1 amide bonds. The van der Waals surface area contributed by atoms with Crippen LogP contribution in [-0.2, 0) is 4.79 Å². The number of rotatable bonds is 3. The van der Waals surface area contributed by atoms with Crippen LogP contribution in [0.4, 0.5) is 5.82 Å². The number of halogens is 1. The van der Waals surface area contributed by atoms with Crippen molar-refractivity contribution in [3.8, 4) is 11.1 Å². The summed E-state index contributed by atoms with van der Waals surface area (Å²) < 4.78 is 1.97. The Labute approximate surface area is 206 Å². The van der Waals surface area contributed by atoms with Crippen LogP contribution >= 0.6 is 11.6 Å². The Balaban J connectivity index is 1.38. The summed E-state index contributed by atoms with van der Waals surface area (Å²) in [6.45, 7) is 12.1. The number of piperidine rings is 2. The molecule has 1 aromatic carbocycles. The van der Waals surface area contributed by atoms with Crippen molar-refractivity contribution in [3.63, 3.8) is 0 Å². The van der Waals surface area contributed by atoms with Gasteiger partial charge in [0.2, 0.25) is 5.91 Å². The second-order valence-electron chi connectivity index (χ2n) is 10.4. The summed E-state index contributed by atoms with van der Waals surface area (Å²) in [6.07, 6.45) is 2.98. The van der Waals surface area contributed by atoms with E-state index in [1.807, 2.05) is 42.6 Å². The van der Waals surface area contributed by atoms with Crippen LogP contribution in [-0.4, -0.2) is 51.6 Å². The number of aromatic nitrogens is 3. The van der Waals surface area contributed by atoms with Crippen LogP contribution in [0.2, 0.25) is 5.02 Å². The highest BCUT2D eigenvalue weighted by Crippen LogP contribution is 2.33. The lowest BCUT2D eigenvalue weighted by atomic mass is 9.89. The Morgan fingerprint density at radius 2 is 1.68 bits per heavy atom. The highest BCUT2D eigenvalue weighted by molar-refractivity contribution is 6.30. The van der Waals surface area contributed by atoms with Crippen molar-refractivity contribution in [2.24, 2.45) is 17.8 Å². The van der Waals surface area contributed by atoms with Gasteiger partial charge in [0, 0.05) is 54.4 Å². The third kappa shape index (κ3) is 4.40. The molecule has 2 atom stereocenters. The third-order valence-corrected chi connectivity index (χ3v) is 7.61. The van der Waals surface area contributed by atoms with Crippen LogP contribution in [0.1, 0.15) is 44.5 Å². The van der Waals surface area contributed by atoms with Gasteiger partial charge in [0.1, 0.15) is 5.82 Å². The first-order chi connectivity index (χ1) is 16.3. The van der Waals surface area contributed by atoms with Gasteiger partial charge in [-0.25, -0.2) is 4.98 Å². The first-order valence-electron chi connectivity index (χ1n) is 12.5. The van der Waals surface area contributed by atoms with Gasteiger partial charge in [-0.2, -0.15) is 9.61 Å². The average Bonchev–Trinajstić information content (AvgIpc) is 3.13. The van der Waals surface area contributed by atoms with Crippen molar-refractivity contribution < 1.29 is 4.79 Å². The van der Waals surface area contributed by atoms with E-state index in [0.29, 0.717) is 22.8 Å². The lowest BCUT2D eigenvalue weighted by Gasteiger charge is -2.39. The lowest BCUT2D eigenvalue weighted by molar-refractivity contribution is -0.138. The Morgan fingerprint density at radius 1 is 1.03 bits per heavy atom. The Morgan fingerprint density at radius 3 is 2.32 bits per heavy atom. The first kappa shape index (κ1) is 23.2. The number of hydrogen-bond acceptors (Lipinski definition) is 4. The van der Waals surface area contributed by atoms with Gasteiger partial charge in [-0.15, -0.1) is 0 Å². The van der Waals surface area contributed by atoms with E-state index in [0.717, 1.165) is 73.0 Å². The molecule has 5 rings (SSSR count). The summed E-state index contributed by atoms with van der Waals surface area (Å²) in [6, 6.07) is 9.97. The van der Waals surface area contributed by atoms with Gasteiger partial charge in [0.25, 0.3) is 0 Å². The molecule has 0 saturated carbocycles. The highest BCUT2D eigenvalue weighted by atomic mass is 35.5. The fourth-order valence-corrected chi connectivity index (χ4v) is 5.99. The minimum Gasteiger partial charge on any atom is -0.356 e. The molecular weight excluding hydrogens is 446 g/mol. The van der Waals surface area contributed by atoms with Gasteiger partial charge in [-0.1, -0.05) is 37.6 Å². The van der Waals surface area contributed by atoms with Crippen molar-refractivity contribution in [2.45, 2.75) is 47.0 Å². The summed E-state index contributed by atoms with van der Waals surface area (Å²) in [4.78, 5) is 22.6. The Kier molecular flexibility index (Phi) is 6.28. The molecule has 2 fully saturated rings. The summed E-state index contributed by atoms with van der Waals surface area (Å²) in [5.41, 5.74) is 4.88. The van der Waals surface area contributed by atoms with Gasteiger partial charge >= 0.3 is 0 Å². The summed E-state index contributed by atoms with van der Waals surface area (Å²) in [7, 11) is 0. The number of benzene rings is 1. The largest absolute Gasteiger partial charge is 0.356 e. The standard InChI is InChI=1S/C27H34ClN5O/c1-17-13-18(2)16-32(15-17)27(34)22-9-11-31(12-10-22)24-14-19(3)29-26-25(20(4)30-33(24)26)21-5-7-23(28)8-6-21/h5-8,14,17-18,22H,9-13,15-16H2,1-4H3. The number of likely N-dealkylation sites (tertiary alicyclic amines) is 1. The maximum Gasteiger partial charge on any atom is 0.225 e. The van der Waals surface area contributed by atoms with Gasteiger partial charge in [0.05, 0.1) is 5.69 Å². The molecule has 0 aliphatic carbocycles. The van der Waals surface area contributed by atoms with Crippen LogP contribution in [0.3, 0.4) is 0 Å². The second kappa shape index (κ2) is 9.21. The number of nitrogens with zero attached hydrogens (tertiary/aromatic N) is 5. The normalized spacial score (nSPS) is 21.9. The molecule has 0 radical (unpaired) electrons. The summed E-state index contributed by atoms with van der Waals surface area (Å²) in [5.74, 6) is 2.72. The molecule has 2 aromatic heterocycles. The molecule has 0 bridgehead atoms. The second-order valence-corrected chi connectivity index (χ2v) is 10.8. The quantitative estimate of drug-likeness (QED) is 0.505. The summed E-state index contributed by atoms with van der Waals surface area (Å²) in [5, 5.41) is 5.59. The van der Waals surface area contributed by atoms with E-state index in [1.165, 1.54) is 6.42 Å². The van der Waals surface area contributed by atoms with Crippen molar-refractivity contribution in [1.29, 1.82) is 0 Å². The van der Waals surface area contributed by atoms with Crippen LogP contribution in [0, 0.1) is 31.6 Å². The predicted octanol–water partition coefficient (Wildman–Crippen LogP) is 5.39. The average molecular weight is 480 g/mol. The van der Waals surface area contributed by atoms with Gasteiger partial charge in [0.15, 0.2) is 5.65 Å². The van der Waals surface area contributed by atoms with Crippen LogP contribution in [0.5, 0.6) is 0 Å². The molecule has 2 unspecified atom stereocenters. The van der Waals surface area contributed by atoms with Crippen LogP contribution < -0.4 is 4.90 Å². The smallest absolute Gasteiger partial charge is 0.225 e. The fraction of sp³-hybridized carbons (Fsp3) is 0.519. The van der Waals surface area contributed by atoms with E-state index < -0.39 is 0 Å². The van der Waals surface area contributed by atoms with Gasteiger partial charge in [-0.3, -0.25) is 4.79 Å². The van der Waals surface area contributed by atoms with Crippen molar-refractivity contribution in [3.05, 3.63) is 46.7 Å². The van der Waals surface area contributed by atoms with Gasteiger partial charge < -0.3 is 9.80 Å². The van der Waals surface area contributed by atoms with Crippen molar-refractivity contribution >= 4 is 29.0 Å². The molecule has 3 aromatic rings. The fourth-order valence-electron chi connectivity index (χ4n) is 5.86. The van der Waals surface area contributed by atoms with E-state index in [2.05, 4.69) is 29.7 Å². The maximum absolute atomic E-state index is 13.3. The zero-order chi connectivity index (χ0) is 24.0. The molecule has 4 heterocycles. The molecule has 0 N–H and O–H groups in total. The minimum atomic E-state index is 0.121. The highest BCUT2D eigenvalue weighted by Gasteiger charge is 2.33. The van der Waals surface area contributed by atoms with E-state index in [9.17, 15) is 4.79 Å². The van der Waals surface area contributed by atoms with E-state index >= 15 is 0 Å². The van der Waals surface area contributed by atoms with Crippen molar-refractivity contribution in [2.75, 3.05) is 31.1 Å². The van der Waals surface area contributed by atoms with Crippen LogP contribution in [0.15, 0.2) is 30.3 Å². The van der Waals surface area contributed by atoms with Crippen LogP contribution in [0.25, 0.3) is 16.8 Å². The zero-order valence-electron chi connectivity index (χ0n) is 20.6. The van der Waals surface area contributed by atoms with E-state index in [4.69, 9.17) is 21.7 Å². The number of amides is 1. The monoisotopic (exact) mass is 479 g/mol. The Bertz CT molecular complexity index is 1190. The number of fused-ring (bicyclic) bond motifs is 1. The molecular formula is C27H34ClN5O. The first-order valence-corrected chi connectivity index (χ1v) is 12.8. The number of anilines is 1. The number of hydrogen-bond donors (Lipinski definition) is 0. The number of aryl methyl sites for hydroxylation is 2. The number of carbonyl (C=O) groups excluding carboxylic acids is 1. The molecule has 180 valence electrons. The molecule has 34 heavy (non-hydrogen) atoms.